The van der Waals surface area contributed by atoms with Crippen LogP contribution < -0.4 is 5.73 Å². The van der Waals surface area contributed by atoms with Crippen molar-refractivity contribution in [1.29, 1.82) is 0 Å². The molecular formula is C15H25F2NOS. The standard InChI is InChI=1S/C15H25F2NOS/c16-15(17)4-1-11(2-5-15)13(18)12-3-7-19-14(9-12)6-8-20-10-14/h11-13H,1-10,18H2. The molecule has 3 rings (SSSR count). The van der Waals surface area contributed by atoms with Crippen molar-refractivity contribution in [1.82, 2.24) is 0 Å². The Balaban J connectivity index is 1.58. The molecule has 2 saturated heterocycles. The van der Waals surface area contributed by atoms with Crippen molar-refractivity contribution in [3.8, 4) is 0 Å². The summed E-state index contributed by atoms with van der Waals surface area (Å²) in [5, 5.41) is 0. The van der Waals surface area contributed by atoms with Crippen molar-refractivity contribution in [2.75, 3.05) is 18.1 Å². The van der Waals surface area contributed by atoms with Crippen LogP contribution in [0.4, 0.5) is 8.78 Å². The molecule has 3 atom stereocenters. The molecule has 1 aliphatic carbocycles. The third kappa shape index (κ3) is 3.14. The van der Waals surface area contributed by atoms with Crippen LogP contribution in [0.5, 0.6) is 0 Å². The molecule has 116 valence electrons. The number of alkyl halides is 2. The fraction of sp³-hybridized carbons (Fsp3) is 1.00. The second-order valence-corrected chi connectivity index (χ2v) is 7.96. The minimum absolute atomic E-state index is 0.0234. The SMILES string of the molecule is NC(C1CCC(F)(F)CC1)C1CCOC2(CCSC2)C1. The number of hydrogen-bond donors (Lipinski definition) is 1. The predicted octanol–water partition coefficient (Wildman–Crippen LogP) is 3.44. The molecule has 2 nitrogen and oxygen atoms in total. The number of thioether (sulfide) groups is 1. The highest BCUT2D eigenvalue weighted by Crippen LogP contribution is 2.44. The molecular weight excluding hydrogens is 280 g/mol. The minimum atomic E-state index is -2.45. The summed E-state index contributed by atoms with van der Waals surface area (Å²) < 4.78 is 32.6. The van der Waals surface area contributed by atoms with Gasteiger partial charge in [0.05, 0.1) is 5.60 Å². The Bertz CT molecular complexity index is 337. The lowest BCUT2D eigenvalue weighted by molar-refractivity contribution is -0.0923. The maximum absolute atomic E-state index is 13.3. The van der Waals surface area contributed by atoms with E-state index in [1.165, 1.54) is 5.75 Å². The lowest BCUT2D eigenvalue weighted by Crippen LogP contribution is -2.48. The van der Waals surface area contributed by atoms with Gasteiger partial charge in [0.2, 0.25) is 5.92 Å². The highest BCUT2D eigenvalue weighted by Gasteiger charge is 2.44. The average molecular weight is 305 g/mol. The molecule has 5 heteroatoms. The summed E-state index contributed by atoms with van der Waals surface area (Å²) in [4.78, 5) is 0. The molecule has 3 unspecified atom stereocenters. The van der Waals surface area contributed by atoms with Gasteiger partial charge in [-0.15, -0.1) is 0 Å². The fourth-order valence-electron chi connectivity index (χ4n) is 4.09. The van der Waals surface area contributed by atoms with Crippen LogP contribution in [-0.4, -0.2) is 35.7 Å². The van der Waals surface area contributed by atoms with E-state index in [2.05, 4.69) is 0 Å². The van der Waals surface area contributed by atoms with Crippen molar-refractivity contribution in [3.05, 3.63) is 0 Å². The van der Waals surface area contributed by atoms with Crippen LogP contribution >= 0.6 is 11.8 Å². The quantitative estimate of drug-likeness (QED) is 0.849. The zero-order valence-electron chi connectivity index (χ0n) is 12.0. The molecule has 1 saturated carbocycles. The van der Waals surface area contributed by atoms with E-state index >= 15 is 0 Å². The Morgan fingerprint density at radius 1 is 1.10 bits per heavy atom. The first-order valence-corrected chi connectivity index (χ1v) is 9.00. The summed E-state index contributed by atoms with van der Waals surface area (Å²) in [6.45, 7) is 0.793. The van der Waals surface area contributed by atoms with E-state index in [0.717, 1.165) is 31.6 Å². The highest BCUT2D eigenvalue weighted by molar-refractivity contribution is 7.99. The second-order valence-electron chi connectivity index (χ2n) is 6.86. The van der Waals surface area contributed by atoms with Crippen LogP contribution in [0.15, 0.2) is 0 Å². The summed E-state index contributed by atoms with van der Waals surface area (Å²) in [5.41, 5.74) is 6.50. The van der Waals surface area contributed by atoms with Gasteiger partial charge in [0.15, 0.2) is 0 Å². The smallest absolute Gasteiger partial charge is 0.248 e. The van der Waals surface area contributed by atoms with Crippen LogP contribution in [0.3, 0.4) is 0 Å². The molecule has 20 heavy (non-hydrogen) atoms. The zero-order valence-corrected chi connectivity index (χ0v) is 12.8. The third-order valence-corrected chi connectivity index (χ3v) is 6.67. The average Bonchev–Trinajstić information content (AvgIpc) is 2.86. The Hall–Kier alpha value is 0.130. The summed E-state index contributed by atoms with van der Waals surface area (Å²) in [5.74, 6) is 0.550. The van der Waals surface area contributed by atoms with Gasteiger partial charge in [-0.25, -0.2) is 8.78 Å². The maximum Gasteiger partial charge on any atom is 0.248 e. The van der Waals surface area contributed by atoms with Gasteiger partial charge < -0.3 is 10.5 Å². The van der Waals surface area contributed by atoms with Crippen LogP contribution in [-0.2, 0) is 4.74 Å². The van der Waals surface area contributed by atoms with E-state index < -0.39 is 5.92 Å². The third-order valence-electron chi connectivity index (χ3n) is 5.45. The number of rotatable bonds is 2. The van der Waals surface area contributed by atoms with Crippen LogP contribution in [0.25, 0.3) is 0 Å². The van der Waals surface area contributed by atoms with Crippen molar-refractivity contribution in [2.45, 2.75) is 62.5 Å². The zero-order chi connectivity index (χ0) is 14.2. The Kier molecular flexibility index (Phi) is 4.31. The van der Waals surface area contributed by atoms with E-state index in [9.17, 15) is 8.78 Å². The van der Waals surface area contributed by atoms with Crippen molar-refractivity contribution < 1.29 is 13.5 Å². The molecule has 0 bridgehead atoms. The largest absolute Gasteiger partial charge is 0.374 e. The van der Waals surface area contributed by atoms with Crippen LogP contribution in [0.1, 0.15) is 44.9 Å². The number of hydrogen-bond acceptors (Lipinski definition) is 3. The lowest BCUT2D eigenvalue weighted by atomic mass is 9.73. The summed E-state index contributed by atoms with van der Waals surface area (Å²) >= 11 is 1.96. The summed E-state index contributed by atoms with van der Waals surface area (Å²) in [6.07, 6.45) is 4.39. The maximum atomic E-state index is 13.3. The Morgan fingerprint density at radius 3 is 2.50 bits per heavy atom. The molecule has 3 aliphatic rings. The van der Waals surface area contributed by atoms with Crippen molar-refractivity contribution in [2.24, 2.45) is 17.6 Å². The normalized spacial score (nSPS) is 40.0. The first-order valence-electron chi connectivity index (χ1n) is 7.85. The van der Waals surface area contributed by atoms with E-state index in [0.29, 0.717) is 18.8 Å². The molecule has 0 aromatic carbocycles. The van der Waals surface area contributed by atoms with E-state index in [1.54, 1.807) is 0 Å². The van der Waals surface area contributed by atoms with E-state index in [-0.39, 0.29) is 30.4 Å². The van der Waals surface area contributed by atoms with Crippen molar-refractivity contribution in [3.63, 3.8) is 0 Å². The molecule has 0 radical (unpaired) electrons. The first-order chi connectivity index (χ1) is 9.50. The number of nitrogens with two attached hydrogens (primary N) is 1. The molecule has 0 amide bonds. The molecule has 1 spiro atoms. The van der Waals surface area contributed by atoms with Gasteiger partial charge in [-0.3, -0.25) is 0 Å². The number of halogens is 2. The van der Waals surface area contributed by atoms with Crippen LogP contribution in [0.2, 0.25) is 0 Å². The van der Waals surface area contributed by atoms with Gasteiger partial charge in [-0.1, -0.05) is 0 Å². The molecule has 0 aromatic heterocycles. The molecule has 3 fully saturated rings. The van der Waals surface area contributed by atoms with E-state index in [1.807, 2.05) is 11.8 Å². The molecule has 0 aromatic rings. The first kappa shape index (κ1) is 15.0. The molecule has 2 N–H and O–H groups in total. The van der Waals surface area contributed by atoms with Crippen LogP contribution in [0, 0.1) is 11.8 Å². The van der Waals surface area contributed by atoms with Gasteiger partial charge in [0.1, 0.15) is 0 Å². The van der Waals surface area contributed by atoms with Gasteiger partial charge in [-0.05, 0) is 49.7 Å². The van der Waals surface area contributed by atoms with Crippen molar-refractivity contribution >= 4 is 11.8 Å². The Labute approximate surface area is 124 Å². The minimum Gasteiger partial charge on any atom is -0.374 e. The Morgan fingerprint density at radius 2 is 1.85 bits per heavy atom. The highest BCUT2D eigenvalue weighted by atomic mass is 32.2. The van der Waals surface area contributed by atoms with E-state index in [4.69, 9.17) is 10.5 Å². The van der Waals surface area contributed by atoms with Gasteiger partial charge in [0, 0.05) is 31.2 Å². The summed E-state index contributed by atoms with van der Waals surface area (Å²) in [6, 6.07) is 0.0810. The second kappa shape index (κ2) is 5.73. The summed E-state index contributed by atoms with van der Waals surface area (Å²) in [7, 11) is 0. The molecule has 2 aliphatic heterocycles. The predicted molar refractivity (Wildman–Crippen MR) is 78.2 cm³/mol. The topological polar surface area (TPSA) is 35.2 Å². The van der Waals surface area contributed by atoms with Gasteiger partial charge in [-0.2, -0.15) is 11.8 Å². The molecule has 2 heterocycles. The fourth-order valence-corrected chi connectivity index (χ4v) is 5.47. The van der Waals surface area contributed by atoms with Gasteiger partial charge >= 0.3 is 0 Å². The number of ether oxygens (including phenoxy) is 1. The monoisotopic (exact) mass is 305 g/mol. The van der Waals surface area contributed by atoms with Gasteiger partial charge in [0.25, 0.3) is 0 Å². The lowest BCUT2D eigenvalue weighted by Gasteiger charge is -2.43.